The Bertz CT molecular complexity index is 517. The van der Waals surface area contributed by atoms with Gasteiger partial charge in [0.05, 0.1) is 16.9 Å². The summed E-state index contributed by atoms with van der Waals surface area (Å²) in [5.41, 5.74) is 3.27. The van der Waals surface area contributed by atoms with E-state index >= 15 is 0 Å². The normalized spacial score (nSPS) is 11.2. The van der Waals surface area contributed by atoms with Crippen LogP contribution in [0.2, 0.25) is 5.02 Å². The van der Waals surface area contributed by atoms with Gasteiger partial charge in [0.1, 0.15) is 5.82 Å². The molecule has 2 aromatic rings. The molecule has 0 bridgehead atoms. The molecule has 0 amide bonds. The maximum atomic E-state index is 6.23. The molecule has 4 heteroatoms. The Hall–Kier alpha value is -0.730. The first-order chi connectivity index (χ1) is 7.69. The highest BCUT2D eigenvalue weighted by molar-refractivity contribution is 6.32. The number of aromatic nitrogens is 2. The Kier molecular flexibility index (Phi) is 3.41. The summed E-state index contributed by atoms with van der Waals surface area (Å²) in [4.78, 5) is 4.49. The molecule has 2 nitrogen and oxygen atoms in total. The molecule has 1 aromatic heterocycles. The predicted octanol–water partition coefficient (Wildman–Crippen LogP) is 3.92. The van der Waals surface area contributed by atoms with Crippen LogP contribution in [0.5, 0.6) is 0 Å². The molecule has 0 aliphatic rings. The fraction of sp³-hybridized carbons (Fsp3) is 0.417. The van der Waals surface area contributed by atoms with Crippen molar-refractivity contribution < 1.29 is 0 Å². The summed E-state index contributed by atoms with van der Waals surface area (Å²) in [5.74, 6) is 1.31. The summed E-state index contributed by atoms with van der Waals surface area (Å²) in [6, 6.07) is 3.87. The first-order valence-electron chi connectivity index (χ1n) is 5.37. The average molecular weight is 257 g/mol. The smallest absolute Gasteiger partial charge is 0.124 e. The van der Waals surface area contributed by atoms with E-state index < -0.39 is 0 Å². The van der Waals surface area contributed by atoms with E-state index in [2.05, 4.69) is 11.9 Å². The molecule has 1 aromatic carbocycles. The average Bonchev–Trinajstić information content (AvgIpc) is 2.60. The van der Waals surface area contributed by atoms with Gasteiger partial charge < -0.3 is 4.57 Å². The van der Waals surface area contributed by atoms with Crippen molar-refractivity contribution in [3.05, 3.63) is 28.5 Å². The summed E-state index contributed by atoms with van der Waals surface area (Å²) < 4.78 is 2.04. The van der Waals surface area contributed by atoms with Gasteiger partial charge in [-0.2, -0.15) is 0 Å². The minimum absolute atomic E-state index is 0.425. The summed E-state index contributed by atoms with van der Waals surface area (Å²) in [6.07, 6.45) is 2.04. The third kappa shape index (κ3) is 1.80. The van der Waals surface area contributed by atoms with Crippen LogP contribution in [0, 0.1) is 0 Å². The van der Waals surface area contributed by atoms with Crippen LogP contribution in [0.1, 0.15) is 24.7 Å². The molecule has 1 heterocycles. The van der Waals surface area contributed by atoms with Crippen molar-refractivity contribution in [1.29, 1.82) is 0 Å². The summed E-state index contributed by atoms with van der Waals surface area (Å²) in [5, 5.41) is 0.818. The molecular weight excluding hydrogens is 243 g/mol. The van der Waals surface area contributed by atoms with E-state index in [9.17, 15) is 0 Å². The highest BCUT2D eigenvalue weighted by Crippen LogP contribution is 2.28. The van der Waals surface area contributed by atoms with E-state index in [0.717, 1.165) is 34.7 Å². The van der Waals surface area contributed by atoms with Crippen LogP contribution in [0.25, 0.3) is 11.0 Å². The minimum Gasteiger partial charge on any atom is -0.330 e. The zero-order chi connectivity index (χ0) is 11.7. The Labute approximate surface area is 105 Å². The second kappa shape index (κ2) is 4.64. The fourth-order valence-electron chi connectivity index (χ4n) is 2.01. The van der Waals surface area contributed by atoms with Crippen molar-refractivity contribution in [2.24, 2.45) is 7.05 Å². The molecule has 0 atom stereocenters. The fourth-order valence-corrected chi connectivity index (χ4v) is 2.50. The second-order valence-corrected chi connectivity index (χ2v) is 4.54. The van der Waals surface area contributed by atoms with Gasteiger partial charge in [-0.05, 0) is 24.1 Å². The topological polar surface area (TPSA) is 17.8 Å². The van der Waals surface area contributed by atoms with Gasteiger partial charge >= 0.3 is 0 Å². The molecule has 86 valence electrons. The van der Waals surface area contributed by atoms with Crippen molar-refractivity contribution in [3.8, 4) is 0 Å². The standard InChI is InChI=1S/C12H14Cl2N2/c1-3-4-8-9(14)5-6-10-12(8)16(2)11(7-13)15-10/h5-6H,3-4,7H2,1-2H3. The van der Waals surface area contributed by atoms with Crippen molar-refractivity contribution in [2.75, 3.05) is 0 Å². The number of hydrogen-bond acceptors (Lipinski definition) is 1. The van der Waals surface area contributed by atoms with Crippen molar-refractivity contribution >= 4 is 34.2 Å². The Morgan fingerprint density at radius 1 is 1.38 bits per heavy atom. The lowest BCUT2D eigenvalue weighted by atomic mass is 10.1. The lowest BCUT2D eigenvalue weighted by molar-refractivity contribution is 0.857. The van der Waals surface area contributed by atoms with Gasteiger partial charge in [0.15, 0.2) is 0 Å². The van der Waals surface area contributed by atoms with E-state index in [4.69, 9.17) is 23.2 Å². The van der Waals surface area contributed by atoms with Gasteiger partial charge in [0.2, 0.25) is 0 Å². The number of halogens is 2. The third-order valence-electron chi connectivity index (χ3n) is 2.80. The molecule has 0 saturated carbocycles. The van der Waals surface area contributed by atoms with Crippen LogP contribution in [0.15, 0.2) is 12.1 Å². The zero-order valence-electron chi connectivity index (χ0n) is 9.43. The van der Waals surface area contributed by atoms with E-state index in [1.54, 1.807) is 0 Å². The number of rotatable bonds is 3. The monoisotopic (exact) mass is 256 g/mol. The van der Waals surface area contributed by atoms with Gasteiger partial charge in [-0.15, -0.1) is 11.6 Å². The Morgan fingerprint density at radius 3 is 2.75 bits per heavy atom. The number of alkyl halides is 1. The molecule has 0 saturated heterocycles. The quantitative estimate of drug-likeness (QED) is 0.762. The molecule has 0 aliphatic carbocycles. The highest BCUT2D eigenvalue weighted by Gasteiger charge is 2.13. The van der Waals surface area contributed by atoms with Gasteiger partial charge in [-0.1, -0.05) is 24.9 Å². The minimum atomic E-state index is 0.425. The maximum absolute atomic E-state index is 6.23. The van der Waals surface area contributed by atoms with E-state index in [0.29, 0.717) is 5.88 Å². The van der Waals surface area contributed by atoms with Crippen LogP contribution in [0.4, 0.5) is 0 Å². The third-order valence-corrected chi connectivity index (χ3v) is 3.39. The number of hydrogen-bond donors (Lipinski definition) is 0. The molecular formula is C12H14Cl2N2. The van der Waals surface area contributed by atoms with E-state index in [1.165, 1.54) is 5.56 Å². The Morgan fingerprint density at radius 2 is 2.12 bits per heavy atom. The summed E-state index contributed by atoms with van der Waals surface area (Å²) in [6.45, 7) is 2.15. The molecule has 0 fully saturated rings. The van der Waals surface area contributed by atoms with Crippen LogP contribution < -0.4 is 0 Å². The van der Waals surface area contributed by atoms with Gasteiger partial charge in [0, 0.05) is 12.1 Å². The maximum Gasteiger partial charge on any atom is 0.124 e. The predicted molar refractivity (Wildman–Crippen MR) is 69.3 cm³/mol. The van der Waals surface area contributed by atoms with Crippen LogP contribution in [0.3, 0.4) is 0 Å². The summed E-state index contributed by atoms with van der Waals surface area (Å²) >= 11 is 12.1. The number of aryl methyl sites for hydroxylation is 2. The molecule has 16 heavy (non-hydrogen) atoms. The summed E-state index contributed by atoms with van der Waals surface area (Å²) in [7, 11) is 1.99. The molecule has 0 aliphatic heterocycles. The van der Waals surface area contributed by atoms with E-state index in [-0.39, 0.29) is 0 Å². The molecule has 0 spiro atoms. The molecule has 0 radical (unpaired) electrons. The number of imidazole rings is 1. The van der Waals surface area contributed by atoms with Gasteiger partial charge in [0.25, 0.3) is 0 Å². The number of fused-ring (bicyclic) bond motifs is 1. The van der Waals surface area contributed by atoms with Crippen LogP contribution in [-0.4, -0.2) is 9.55 Å². The zero-order valence-corrected chi connectivity index (χ0v) is 10.9. The lowest BCUT2D eigenvalue weighted by Crippen LogP contribution is -1.97. The second-order valence-electron chi connectivity index (χ2n) is 3.86. The van der Waals surface area contributed by atoms with Crippen LogP contribution in [-0.2, 0) is 19.3 Å². The van der Waals surface area contributed by atoms with Gasteiger partial charge in [-0.3, -0.25) is 0 Å². The lowest BCUT2D eigenvalue weighted by Gasteiger charge is -2.07. The SMILES string of the molecule is CCCc1c(Cl)ccc2nc(CCl)n(C)c12. The van der Waals surface area contributed by atoms with Crippen molar-refractivity contribution in [3.63, 3.8) is 0 Å². The largest absolute Gasteiger partial charge is 0.330 e. The molecule has 0 N–H and O–H groups in total. The first-order valence-corrected chi connectivity index (χ1v) is 6.29. The Balaban J connectivity index is 2.74. The first kappa shape index (κ1) is 11.7. The molecule has 0 unspecified atom stereocenters. The molecule has 2 rings (SSSR count). The van der Waals surface area contributed by atoms with Crippen LogP contribution >= 0.6 is 23.2 Å². The van der Waals surface area contributed by atoms with Crippen molar-refractivity contribution in [2.45, 2.75) is 25.6 Å². The number of nitrogens with zero attached hydrogens (tertiary/aromatic N) is 2. The van der Waals surface area contributed by atoms with Crippen molar-refractivity contribution in [1.82, 2.24) is 9.55 Å². The highest BCUT2D eigenvalue weighted by atomic mass is 35.5. The number of benzene rings is 1. The van der Waals surface area contributed by atoms with E-state index in [1.807, 2.05) is 23.7 Å². The van der Waals surface area contributed by atoms with Gasteiger partial charge in [-0.25, -0.2) is 4.98 Å².